The molecule has 0 aromatic rings. The number of carbonyl (C=O) groups excluding carboxylic acids is 1. The molecule has 0 spiro atoms. The molecule has 3 heteroatoms. The lowest BCUT2D eigenvalue weighted by Crippen LogP contribution is -2.40. The molecule has 1 saturated carbocycles. The number of amides is 1. The molecule has 1 N–H and O–H groups in total. The van der Waals surface area contributed by atoms with Crippen molar-refractivity contribution in [3.63, 3.8) is 0 Å². The van der Waals surface area contributed by atoms with E-state index in [0.717, 1.165) is 19.4 Å². The monoisotopic (exact) mass is 245 g/mol. The predicted octanol–water partition coefficient (Wildman–Crippen LogP) is 3.19. The van der Waals surface area contributed by atoms with Crippen molar-refractivity contribution in [3.8, 4) is 0 Å². The van der Waals surface area contributed by atoms with E-state index in [4.69, 9.17) is 11.6 Å². The summed E-state index contributed by atoms with van der Waals surface area (Å²) in [7, 11) is 0. The summed E-state index contributed by atoms with van der Waals surface area (Å²) >= 11 is 6.01. The van der Waals surface area contributed by atoms with Gasteiger partial charge in [-0.2, -0.15) is 0 Å². The molecule has 1 rings (SSSR count). The first-order chi connectivity index (χ1) is 7.58. The summed E-state index contributed by atoms with van der Waals surface area (Å²) in [5.74, 6) is 1.65. The fraction of sp³-hybridized carbons (Fsp3) is 0.923. The van der Waals surface area contributed by atoms with E-state index >= 15 is 0 Å². The van der Waals surface area contributed by atoms with Crippen molar-refractivity contribution in [1.82, 2.24) is 5.32 Å². The third kappa shape index (κ3) is 3.38. The molecule has 0 radical (unpaired) electrons. The summed E-state index contributed by atoms with van der Waals surface area (Å²) in [5, 5.41) is 3.07. The van der Waals surface area contributed by atoms with Gasteiger partial charge >= 0.3 is 0 Å². The molecule has 0 heterocycles. The third-order valence-electron chi connectivity index (χ3n) is 4.16. The highest BCUT2D eigenvalue weighted by molar-refractivity contribution is 6.18. The Morgan fingerprint density at radius 1 is 1.44 bits per heavy atom. The molecule has 0 bridgehead atoms. The normalized spacial score (nSPS) is 18.2. The molecule has 1 amide bonds. The zero-order chi connectivity index (χ0) is 12.2. The van der Waals surface area contributed by atoms with Crippen LogP contribution in [0.2, 0.25) is 0 Å². The Kier molecular flexibility index (Phi) is 5.10. The largest absolute Gasteiger partial charge is 0.355 e. The lowest BCUT2D eigenvalue weighted by molar-refractivity contribution is -0.125. The standard InChI is InChI=1S/C13H24ClNO/c1-4-13(5-2,8-14)9-15-12(16)10(3)11-6-7-11/h10-11H,4-9H2,1-3H3,(H,15,16). The van der Waals surface area contributed by atoms with Crippen LogP contribution in [0.1, 0.15) is 46.5 Å². The van der Waals surface area contributed by atoms with Crippen LogP contribution < -0.4 is 5.32 Å². The first kappa shape index (κ1) is 13.8. The number of hydrogen-bond donors (Lipinski definition) is 1. The summed E-state index contributed by atoms with van der Waals surface area (Å²) in [6, 6.07) is 0. The molecule has 1 aliphatic carbocycles. The second-order valence-corrected chi connectivity index (χ2v) is 5.45. The van der Waals surface area contributed by atoms with Gasteiger partial charge in [0.2, 0.25) is 5.91 Å². The van der Waals surface area contributed by atoms with Crippen LogP contribution in [0.15, 0.2) is 0 Å². The van der Waals surface area contributed by atoms with Crippen molar-refractivity contribution < 1.29 is 4.79 Å². The van der Waals surface area contributed by atoms with Crippen molar-refractivity contribution in [2.24, 2.45) is 17.3 Å². The Balaban J connectivity index is 2.38. The molecule has 0 aromatic heterocycles. The topological polar surface area (TPSA) is 29.1 Å². The van der Waals surface area contributed by atoms with Gasteiger partial charge in [0.1, 0.15) is 0 Å². The van der Waals surface area contributed by atoms with Crippen LogP contribution >= 0.6 is 11.6 Å². The van der Waals surface area contributed by atoms with Gasteiger partial charge in [0.25, 0.3) is 0 Å². The molecule has 1 aliphatic rings. The number of hydrogen-bond acceptors (Lipinski definition) is 1. The molecule has 0 saturated heterocycles. The van der Waals surface area contributed by atoms with E-state index in [-0.39, 0.29) is 17.2 Å². The van der Waals surface area contributed by atoms with Gasteiger partial charge in [-0.15, -0.1) is 11.6 Å². The molecule has 16 heavy (non-hydrogen) atoms. The molecular formula is C13H24ClNO. The maximum absolute atomic E-state index is 11.9. The molecular weight excluding hydrogens is 222 g/mol. The lowest BCUT2D eigenvalue weighted by Gasteiger charge is -2.30. The van der Waals surface area contributed by atoms with Crippen LogP contribution in [0.3, 0.4) is 0 Å². The number of nitrogens with one attached hydrogen (secondary N) is 1. The second-order valence-electron chi connectivity index (χ2n) is 5.18. The maximum Gasteiger partial charge on any atom is 0.223 e. The Morgan fingerprint density at radius 3 is 2.38 bits per heavy atom. The first-order valence-electron chi connectivity index (χ1n) is 6.42. The number of halogens is 1. The summed E-state index contributed by atoms with van der Waals surface area (Å²) in [6.07, 6.45) is 4.48. The molecule has 0 aromatic carbocycles. The van der Waals surface area contributed by atoms with Crippen molar-refractivity contribution in [1.29, 1.82) is 0 Å². The van der Waals surface area contributed by atoms with Gasteiger partial charge in [0, 0.05) is 23.8 Å². The summed E-state index contributed by atoms with van der Waals surface area (Å²) in [6.45, 7) is 7.04. The van der Waals surface area contributed by atoms with Gasteiger partial charge < -0.3 is 5.32 Å². The molecule has 1 fully saturated rings. The average Bonchev–Trinajstić information content (AvgIpc) is 3.14. The van der Waals surface area contributed by atoms with Crippen LogP contribution in [-0.2, 0) is 4.79 Å². The van der Waals surface area contributed by atoms with E-state index in [1.54, 1.807) is 0 Å². The van der Waals surface area contributed by atoms with Crippen molar-refractivity contribution in [3.05, 3.63) is 0 Å². The van der Waals surface area contributed by atoms with E-state index < -0.39 is 0 Å². The number of rotatable bonds is 7. The van der Waals surface area contributed by atoms with Crippen molar-refractivity contribution in [2.45, 2.75) is 46.5 Å². The molecule has 94 valence electrons. The Morgan fingerprint density at radius 2 is 2.00 bits per heavy atom. The van der Waals surface area contributed by atoms with Crippen LogP contribution in [0, 0.1) is 17.3 Å². The minimum absolute atomic E-state index is 0.0838. The highest BCUT2D eigenvalue weighted by atomic mass is 35.5. The highest BCUT2D eigenvalue weighted by Crippen LogP contribution is 2.36. The molecule has 0 aliphatic heterocycles. The van der Waals surface area contributed by atoms with Gasteiger partial charge in [-0.3, -0.25) is 4.79 Å². The first-order valence-corrected chi connectivity index (χ1v) is 6.95. The van der Waals surface area contributed by atoms with E-state index in [1.807, 2.05) is 6.92 Å². The van der Waals surface area contributed by atoms with Crippen molar-refractivity contribution >= 4 is 17.5 Å². The van der Waals surface area contributed by atoms with Gasteiger partial charge in [0.05, 0.1) is 0 Å². The smallest absolute Gasteiger partial charge is 0.223 e. The molecule has 1 unspecified atom stereocenters. The zero-order valence-electron chi connectivity index (χ0n) is 10.7. The van der Waals surface area contributed by atoms with E-state index in [1.165, 1.54) is 12.8 Å². The van der Waals surface area contributed by atoms with E-state index in [0.29, 0.717) is 11.8 Å². The van der Waals surface area contributed by atoms with Gasteiger partial charge in [0.15, 0.2) is 0 Å². The Labute approximate surface area is 104 Å². The maximum atomic E-state index is 11.9. The average molecular weight is 246 g/mol. The Hall–Kier alpha value is -0.240. The van der Waals surface area contributed by atoms with Gasteiger partial charge in [-0.1, -0.05) is 20.8 Å². The second kappa shape index (κ2) is 5.90. The predicted molar refractivity (Wildman–Crippen MR) is 68.6 cm³/mol. The lowest BCUT2D eigenvalue weighted by atomic mass is 9.84. The van der Waals surface area contributed by atoms with E-state index in [2.05, 4.69) is 19.2 Å². The summed E-state index contributed by atoms with van der Waals surface area (Å²) in [4.78, 5) is 11.9. The van der Waals surface area contributed by atoms with Crippen LogP contribution in [0.25, 0.3) is 0 Å². The minimum atomic E-state index is 0.0838. The quantitative estimate of drug-likeness (QED) is 0.686. The van der Waals surface area contributed by atoms with Gasteiger partial charge in [-0.05, 0) is 31.6 Å². The van der Waals surface area contributed by atoms with Gasteiger partial charge in [-0.25, -0.2) is 0 Å². The van der Waals surface area contributed by atoms with Crippen LogP contribution in [-0.4, -0.2) is 18.3 Å². The summed E-state index contributed by atoms with van der Waals surface area (Å²) in [5.41, 5.74) is 0.0838. The molecule has 1 atom stereocenters. The Bertz CT molecular complexity index is 226. The highest BCUT2D eigenvalue weighted by Gasteiger charge is 2.33. The SMILES string of the molecule is CCC(CC)(CCl)CNC(=O)C(C)C1CC1. The van der Waals surface area contributed by atoms with Crippen molar-refractivity contribution in [2.75, 3.05) is 12.4 Å². The third-order valence-corrected chi connectivity index (χ3v) is 4.73. The zero-order valence-corrected chi connectivity index (χ0v) is 11.4. The summed E-state index contributed by atoms with van der Waals surface area (Å²) < 4.78 is 0. The van der Waals surface area contributed by atoms with E-state index in [9.17, 15) is 4.79 Å². The van der Waals surface area contributed by atoms with Crippen LogP contribution in [0.5, 0.6) is 0 Å². The number of carbonyl (C=O) groups is 1. The van der Waals surface area contributed by atoms with Crippen LogP contribution in [0.4, 0.5) is 0 Å². The number of alkyl halides is 1. The fourth-order valence-electron chi connectivity index (χ4n) is 1.98. The minimum Gasteiger partial charge on any atom is -0.355 e. The fourth-order valence-corrected chi connectivity index (χ4v) is 2.45. The molecule has 2 nitrogen and oxygen atoms in total.